The maximum atomic E-state index is 5.52. The summed E-state index contributed by atoms with van der Waals surface area (Å²) in [6.07, 6.45) is 0.991. The third kappa shape index (κ3) is 5.71. The third-order valence-electron chi connectivity index (χ3n) is 2.62. The predicted molar refractivity (Wildman–Crippen MR) is 75.6 cm³/mol. The molecule has 0 aliphatic heterocycles. The molecule has 0 bridgehead atoms. The van der Waals surface area contributed by atoms with Gasteiger partial charge in [-0.05, 0) is 26.0 Å². The van der Waals surface area contributed by atoms with Crippen molar-refractivity contribution in [1.29, 1.82) is 0 Å². The van der Waals surface area contributed by atoms with Crippen molar-refractivity contribution >= 4 is 11.6 Å². The Morgan fingerprint density at radius 2 is 2.11 bits per heavy atom. The van der Waals surface area contributed by atoms with Gasteiger partial charge in [0.05, 0.1) is 13.7 Å². The van der Waals surface area contributed by atoms with Gasteiger partial charge in [0, 0.05) is 24.6 Å². The smallest absolute Gasteiger partial charge is 0.123 e. The maximum absolute atomic E-state index is 5.52. The first-order valence-corrected chi connectivity index (χ1v) is 6.79. The van der Waals surface area contributed by atoms with Crippen LogP contribution in [0.25, 0.3) is 0 Å². The van der Waals surface area contributed by atoms with Crippen LogP contribution in [-0.4, -0.2) is 32.7 Å². The highest BCUT2D eigenvalue weighted by molar-refractivity contribution is 6.17. The second-order valence-electron chi connectivity index (χ2n) is 4.15. The summed E-state index contributed by atoms with van der Waals surface area (Å²) >= 11 is 5.52. The van der Waals surface area contributed by atoms with Crippen LogP contribution in [-0.2, 0) is 11.3 Å². The summed E-state index contributed by atoms with van der Waals surface area (Å²) in [6, 6.07) is 6.22. The molecule has 0 aromatic heterocycles. The number of halogens is 1. The molecule has 0 unspecified atom stereocenters. The molecule has 102 valence electrons. The van der Waals surface area contributed by atoms with E-state index < -0.39 is 0 Å². The fourth-order valence-corrected chi connectivity index (χ4v) is 1.83. The minimum Gasteiger partial charge on any atom is -0.496 e. The van der Waals surface area contributed by atoms with Gasteiger partial charge in [-0.15, -0.1) is 11.6 Å². The lowest BCUT2D eigenvalue weighted by atomic mass is 10.1. The number of benzene rings is 1. The maximum Gasteiger partial charge on any atom is 0.123 e. The van der Waals surface area contributed by atoms with Crippen molar-refractivity contribution in [3.05, 3.63) is 29.3 Å². The number of hydrogen-bond acceptors (Lipinski definition) is 3. The molecule has 0 radical (unpaired) electrons. The Bertz CT molecular complexity index is 345. The Labute approximate surface area is 114 Å². The molecule has 1 N–H and O–H groups in total. The molecular weight excluding hydrogens is 250 g/mol. The van der Waals surface area contributed by atoms with Crippen molar-refractivity contribution in [2.45, 2.75) is 19.9 Å². The fourth-order valence-electron chi connectivity index (χ4n) is 1.72. The highest BCUT2D eigenvalue weighted by Crippen LogP contribution is 2.19. The van der Waals surface area contributed by atoms with E-state index in [0.29, 0.717) is 12.5 Å². The van der Waals surface area contributed by atoms with Crippen LogP contribution in [0.4, 0.5) is 0 Å². The van der Waals surface area contributed by atoms with Crippen molar-refractivity contribution in [3.8, 4) is 5.75 Å². The Morgan fingerprint density at radius 1 is 1.28 bits per heavy atom. The summed E-state index contributed by atoms with van der Waals surface area (Å²) in [4.78, 5) is 0. The zero-order valence-corrected chi connectivity index (χ0v) is 11.9. The summed E-state index contributed by atoms with van der Waals surface area (Å²) in [5.74, 6) is 1.50. The van der Waals surface area contributed by atoms with Gasteiger partial charge in [-0.2, -0.15) is 0 Å². The van der Waals surface area contributed by atoms with Crippen molar-refractivity contribution in [2.75, 3.05) is 32.7 Å². The second-order valence-corrected chi connectivity index (χ2v) is 4.52. The van der Waals surface area contributed by atoms with E-state index in [9.17, 15) is 0 Å². The van der Waals surface area contributed by atoms with Gasteiger partial charge in [-0.25, -0.2) is 0 Å². The number of alkyl halides is 1. The van der Waals surface area contributed by atoms with Crippen molar-refractivity contribution < 1.29 is 9.47 Å². The van der Waals surface area contributed by atoms with Crippen LogP contribution in [0.1, 0.15) is 17.5 Å². The van der Waals surface area contributed by atoms with E-state index in [-0.39, 0.29) is 0 Å². The average molecular weight is 272 g/mol. The van der Waals surface area contributed by atoms with Crippen molar-refractivity contribution in [2.24, 2.45) is 0 Å². The number of aryl methyl sites for hydroxylation is 1. The standard InChI is InChI=1S/C14H22ClNO2/c1-12-4-5-14(17-2)13(10-12)11-16-7-3-8-18-9-6-15/h4-5,10,16H,3,6-9,11H2,1-2H3. The van der Waals surface area contributed by atoms with Crippen LogP contribution in [0.5, 0.6) is 5.75 Å². The van der Waals surface area contributed by atoms with Gasteiger partial charge in [-0.1, -0.05) is 17.7 Å². The molecule has 18 heavy (non-hydrogen) atoms. The van der Waals surface area contributed by atoms with Gasteiger partial charge in [-0.3, -0.25) is 0 Å². The van der Waals surface area contributed by atoms with Crippen LogP contribution in [0, 0.1) is 6.92 Å². The highest BCUT2D eigenvalue weighted by atomic mass is 35.5. The zero-order valence-electron chi connectivity index (χ0n) is 11.2. The average Bonchev–Trinajstić information content (AvgIpc) is 2.38. The van der Waals surface area contributed by atoms with E-state index in [1.165, 1.54) is 11.1 Å². The third-order valence-corrected chi connectivity index (χ3v) is 2.77. The summed E-state index contributed by atoms with van der Waals surface area (Å²) in [5, 5.41) is 3.39. The summed E-state index contributed by atoms with van der Waals surface area (Å²) in [5.41, 5.74) is 2.44. The Balaban J connectivity index is 2.24. The van der Waals surface area contributed by atoms with Crippen LogP contribution in [0.3, 0.4) is 0 Å². The quantitative estimate of drug-likeness (QED) is 0.553. The number of hydrogen-bond donors (Lipinski definition) is 1. The normalized spacial score (nSPS) is 10.6. The molecule has 0 fully saturated rings. The fraction of sp³-hybridized carbons (Fsp3) is 0.571. The number of ether oxygens (including phenoxy) is 2. The first kappa shape index (κ1) is 15.3. The lowest BCUT2D eigenvalue weighted by Crippen LogP contribution is -2.17. The van der Waals surface area contributed by atoms with Crippen LogP contribution in [0.2, 0.25) is 0 Å². The Hall–Kier alpha value is -0.770. The van der Waals surface area contributed by atoms with E-state index >= 15 is 0 Å². The molecule has 0 aliphatic rings. The van der Waals surface area contributed by atoms with Gasteiger partial charge in [0.1, 0.15) is 5.75 Å². The first-order valence-electron chi connectivity index (χ1n) is 6.26. The van der Waals surface area contributed by atoms with Gasteiger partial charge < -0.3 is 14.8 Å². The van der Waals surface area contributed by atoms with E-state index in [4.69, 9.17) is 21.1 Å². The molecule has 0 saturated heterocycles. The number of nitrogens with one attached hydrogen (secondary N) is 1. The molecule has 0 atom stereocenters. The molecule has 0 amide bonds. The lowest BCUT2D eigenvalue weighted by molar-refractivity contribution is 0.146. The van der Waals surface area contributed by atoms with Crippen molar-refractivity contribution in [1.82, 2.24) is 5.32 Å². The van der Waals surface area contributed by atoms with Gasteiger partial charge in [0.15, 0.2) is 0 Å². The summed E-state index contributed by atoms with van der Waals surface area (Å²) < 4.78 is 10.6. The lowest BCUT2D eigenvalue weighted by Gasteiger charge is -2.10. The van der Waals surface area contributed by atoms with Crippen LogP contribution < -0.4 is 10.1 Å². The Morgan fingerprint density at radius 3 is 2.83 bits per heavy atom. The monoisotopic (exact) mass is 271 g/mol. The van der Waals surface area contributed by atoms with Gasteiger partial charge in [0.2, 0.25) is 0 Å². The van der Waals surface area contributed by atoms with Gasteiger partial charge in [0.25, 0.3) is 0 Å². The van der Waals surface area contributed by atoms with E-state index in [1.807, 2.05) is 6.07 Å². The molecular formula is C14H22ClNO2. The van der Waals surface area contributed by atoms with Gasteiger partial charge >= 0.3 is 0 Å². The minimum absolute atomic E-state index is 0.563. The zero-order chi connectivity index (χ0) is 13.2. The van der Waals surface area contributed by atoms with E-state index in [2.05, 4.69) is 24.4 Å². The first-order chi connectivity index (χ1) is 8.77. The molecule has 3 nitrogen and oxygen atoms in total. The van der Waals surface area contributed by atoms with Crippen LogP contribution >= 0.6 is 11.6 Å². The van der Waals surface area contributed by atoms with Crippen LogP contribution in [0.15, 0.2) is 18.2 Å². The second kappa shape index (κ2) is 9.20. The Kier molecular flexibility index (Phi) is 7.81. The highest BCUT2D eigenvalue weighted by Gasteiger charge is 2.02. The molecule has 0 saturated carbocycles. The molecule has 4 heteroatoms. The summed E-state index contributed by atoms with van der Waals surface area (Å²) in [6.45, 7) is 5.22. The minimum atomic E-state index is 0.563. The molecule has 0 aliphatic carbocycles. The molecule has 0 spiro atoms. The molecule has 1 aromatic rings. The van der Waals surface area contributed by atoms with E-state index in [1.54, 1.807) is 7.11 Å². The molecule has 1 rings (SSSR count). The topological polar surface area (TPSA) is 30.5 Å². The summed E-state index contributed by atoms with van der Waals surface area (Å²) in [7, 11) is 1.70. The largest absolute Gasteiger partial charge is 0.496 e. The molecule has 0 heterocycles. The van der Waals surface area contributed by atoms with E-state index in [0.717, 1.165) is 31.9 Å². The van der Waals surface area contributed by atoms with Crippen molar-refractivity contribution in [3.63, 3.8) is 0 Å². The predicted octanol–water partition coefficient (Wildman–Crippen LogP) is 2.74. The SMILES string of the molecule is COc1ccc(C)cc1CNCCCOCCCl. The number of rotatable bonds is 9. The molecule has 1 aromatic carbocycles. The number of methoxy groups -OCH3 is 1.